The third kappa shape index (κ3) is 3.95. The summed E-state index contributed by atoms with van der Waals surface area (Å²) in [4.78, 5) is 24.3. The summed E-state index contributed by atoms with van der Waals surface area (Å²) in [6.07, 6.45) is -0.365. The van der Waals surface area contributed by atoms with Crippen molar-refractivity contribution in [3.8, 4) is 5.75 Å². The quantitative estimate of drug-likeness (QED) is 0.598. The molecule has 1 aromatic heterocycles. The van der Waals surface area contributed by atoms with Gasteiger partial charge in [0, 0.05) is 4.88 Å². The number of esters is 1. The average molecular weight is 318 g/mol. The molecule has 116 valence electrons. The monoisotopic (exact) mass is 318 g/mol. The number of hydrogen-bond acceptors (Lipinski definition) is 5. The Morgan fingerprint density at radius 2 is 2.05 bits per heavy atom. The van der Waals surface area contributed by atoms with Crippen LogP contribution in [0.2, 0.25) is 0 Å². The number of carbonyl (C=O) groups is 2. The highest BCUT2D eigenvalue weighted by Crippen LogP contribution is 2.31. The van der Waals surface area contributed by atoms with Crippen molar-refractivity contribution < 1.29 is 19.1 Å². The van der Waals surface area contributed by atoms with E-state index < -0.39 is 6.10 Å². The van der Waals surface area contributed by atoms with E-state index in [4.69, 9.17) is 9.47 Å². The third-order valence-electron chi connectivity index (χ3n) is 3.22. The van der Waals surface area contributed by atoms with Crippen LogP contribution in [0.25, 0.3) is 0 Å². The van der Waals surface area contributed by atoms with Gasteiger partial charge in [0.05, 0.1) is 19.1 Å². The third-order valence-corrected chi connectivity index (χ3v) is 4.19. The molecule has 0 aliphatic rings. The molecule has 22 heavy (non-hydrogen) atoms. The van der Waals surface area contributed by atoms with Crippen molar-refractivity contribution in [2.75, 3.05) is 7.11 Å². The lowest BCUT2D eigenvalue weighted by Gasteiger charge is -2.19. The molecule has 0 fully saturated rings. The van der Waals surface area contributed by atoms with Crippen molar-refractivity contribution in [2.24, 2.45) is 0 Å². The topological polar surface area (TPSA) is 52.6 Å². The first-order valence-corrected chi connectivity index (χ1v) is 7.77. The molecule has 0 spiro atoms. The predicted molar refractivity (Wildman–Crippen MR) is 85.5 cm³/mol. The van der Waals surface area contributed by atoms with E-state index in [1.165, 1.54) is 25.4 Å². The zero-order chi connectivity index (χ0) is 16.1. The van der Waals surface area contributed by atoms with Crippen molar-refractivity contribution in [3.05, 3.63) is 51.7 Å². The molecule has 1 aromatic carbocycles. The van der Waals surface area contributed by atoms with E-state index in [2.05, 4.69) is 0 Å². The molecule has 1 heterocycles. The van der Waals surface area contributed by atoms with Crippen LogP contribution in [0, 0.1) is 6.92 Å². The van der Waals surface area contributed by atoms with Crippen molar-refractivity contribution in [1.29, 1.82) is 0 Å². The van der Waals surface area contributed by atoms with Crippen LogP contribution in [0.3, 0.4) is 0 Å². The zero-order valence-electron chi connectivity index (χ0n) is 12.8. The maximum Gasteiger partial charge on any atom is 0.309 e. The molecule has 0 saturated carbocycles. The summed E-state index contributed by atoms with van der Waals surface area (Å²) in [5, 5.41) is 1.92. The van der Waals surface area contributed by atoms with Crippen LogP contribution in [0.1, 0.15) is 40.2 Å². The van der Waals surface area contributed by atoms with Crippen LogP contribution in [0.4, 0.5) is 0 Å². The molecule has 0 bridgehead atoms. The number of ether oxygens (including phenoxy) is 2. The Labute approximate surface area is 133 Å². The molecule has 0 aliphatic heterocycles. The molecule has 0 amide bonds. The molecule has 0 radical (unpaired) electrons. The number of carbonyl (C=O) groups excluding carboxylic acids is 2. The summed E-state index contributed by atoms with van der Waals surface area (Å²) in [5.41, 5.74) is 1.50. The Balaban J connectivity index is 2.31. The fraction of sp³-hybridized carbons (Fsp3) is 0.294. The fourth-order valence-electron chi connectivity index (χ4n) is 2.08. The van der Waals surface area contributed by atoms with Crippen LogP contribution in [-0.4, -0.2) is 18.9 Å². The molecule has 0 saturated heterocycles. The molecular formula is C17H18O4S. The number of rotatable bonds is 6. The van der Waals surface area contributed by atoms with E-state index in [1.54, 1.807) is 12.1 Å². The number of aryl methyl sites for hydroxylation is 1. The van der Waals surface area contributed by atoms with Gasteiger partial charge in [-0.3, -0.25) is 9.59 Å². The van der Waals surface area contributed by atoms with Crippen molar-refractivity contribution in [2.45, 2.75) is 26.4 Å². The normalized spacial score (nSPS) is 11.8. The standard InChI is InChI=1S/C17H18O4S/c1-11-6-7-14(13(9-11)12(2)18)21-15(10-17(19)20-3)16-5-4-8-22-16/h4-9,15H,10H2,1-3H3. The highest BCUT2D eigenvalue weighted by atomic mass is 32.1. The first kappa shape index (κ1) is 16.2. The molecule has 2 aromatic rings. The second-order valence-electron chi connectivity index (χ2n) is 4.96. The largest absolute Gasteiger partial charge is 0.484 e. The first-order valence-electron chi connectivity index (χ1n) is 6.89. The number of thiophene rings is 1. The fourth-order valence-corrected chi connectivity index (χ4v) is 2.84. The minimum Gasteiger partial charge on any atom is -0.484 e. The maximum atomic E-state index is 11.8. The minimum atomic E-state index is -0.465. The van der Waals surface area contributed by atoms with Gasteiger partial charge in [0.15, 0.2) is 5.78 Å². The molecule has 0 N–H and O–H groups in total. The van der Waals surface area contributed by atoms with E-state index in [9.17, 15) is 9.59 Å². The maximum absolute atomic E-state index is 11.8. The van der Waals surface area contributed by atoms with E-state index >= 15 is 0 Å². The molecule has 5 heteroatoms. The Hall–Kier alpha value is -2.14. The van der Waals surface area contributed by atoms with E-state index in [0.717, 1.165) is 10.4 Å². The van der Waals surface area contributed by atoms with Gasteiger partial charge in [0.2, 0.25) is 0 Å². The van der Waals surface area contributed by atoms with Crippen molar-refractivity contribution >= 4 is 23.1 Å². The Kier molecular flexibility index (Phi) is 5.33. The van der Waals surface area contributed by atoms with Crippen LogP contribution in [-0.2, 0) is 9.53 Å². The number of Topliss-reactive ketones (excluding diaryl/α,β-unsaturated/α-hetero) is 1. The van der Waals surface area contributed by atoms with Crippen LogP contribution < -0.4 is 4.74 Å². The Bertz CT molecular complexity index is 661. The predicted octanol–water partition coefficient (Wildman–Crippen LogP) is 3.94. The molecule has 1 atom stereocenters. The highest BCUT2D eigenvalue weighted by molar-refractivity contribution is 7.10. The molecule has 4 nitrogen and oxygen atoms in total. The van der Waals surface area contributed by atoms with Gasteiger partial charge in [0.25, 0.3) is 0 Å². The average Bonchev–Trinajstić information content (AvgIpc) is 3.02. The van der Waals surface area contributed by atoms with Gasteiger partial charge >= 0.3 is 5.97 Å². The van der Waals surface area contributed by atoms with Gasteiger partial charge in [-0.1, -0.05) is 17.7 Å². The van der Waals surface area contributed by atoms with Gasteiger partial charge in [0.1, 0.15) is 11.9 Å². The van der Waals surface area contributed by atoms with Crippen LogP contribution >= 0.6 is 11.3 Å². The Morgan fingerprint density at radius 3 is 2.64 bits per heavy atom. The molecule has 2 rings (SSSR count). The van der Waals surface area contributed by atoms with E-state index in [-0.39, 0.29) is 18.2 Å². The summed E-state index contributed by atoms with van der Waals surface area (Å²) < 4.78 is 10.7. The summed E-state index contributed by atoms with van der Waals surface area (Å²) in [7, 11) is 1.35. The van der Waals surface area contributed by atoms with Gasteiger partial charge in [-0.25, -0.2) is 0 Å². The van der Waals surface area contributed by atoms with Gasteiger partial charge in [-0.2, -0.15) is 0 Å². The highest BCUT2D eigenvalue weighted by Gasteiger charge is 2.21. The summed E-state index contributed by atoms with van der Waals surface area (Å²) in [5.74, 6) is 0.0667. The van der Waals surface area contributed by atoms with Crippen LogP contribution in [0.5, 0.6) is 5.75 Å². The van der Waals surface area contributed by atoms with E-state index in [1.807, 2.05) is 30.5 Å². The molecule has 1 unspecified atom stereocenters. The lowest BCUT2D eigenvalue weighted by molar-refractivity contribution is -0.142. The van der Waals surface area contributed by atoms with Gasteiger partial charge in [-0.15, -0.1) is 11.3 Å². The summed E-state index contributed by atoms with van der Waals surface area (Å²) in [6, 6.07) is 9.24. The van der Waals surface area contributed by atoms with Gasteiger partial charge < -0.3 is 9.47 Å². The van der Waals surface area contributed by atoms with Crippen molar-refractivity contribution in [3.63, 3.8) is 0 Å². The number of hydrogen-bond donors (Lipinski definition) is 0. The van der Waals surface area contributed by atoms with Crippen LogP contribution in [0.15, 0.2) is 35.7 Å². The molecular weight excluding hydrogens is 300 g/mol. The lowest BCUT2D eigenvalue weighted by Crippen LogP contribution is -2.14. The smallest absolute Gasteiger partial charge is 0.309 e. The lowest BCUT2D eigenvalue weighted by atomic mass is 10.1. The van der Waals surface area contributed by atoms with Gasteiger partial charge in [-0.05, 0) is 37.4 Å². The first-order chi connectivity index (χ1) is 10.5. The second-order valence-corrected chi connectivity index (χ2v) is 5.94. The van der Waals surface area contributed by atoms with E-state index in [0.29, 0.717) is 11.3 Å². The minimum absolute atomic E-state index is 0.0679. The second kappa shape index (κ2) is 7.22. The number of methoxy groups -OCH3 is 1. The SMILES string of the molecule is COC(=O)CC(Oc1ccc(C)cc1C(C)=O)c1cccs1. The molecule has 0 aliphatic carbocycles. The summed E-state index contributed by atoms with van der Waals surface area (Å²) in [6.45, 7) is 3.42. The number of benzene rings is 1. The summed E-state index contributed by atoms with van der Waals surface area (Å²) >= 11 is 1.50. The van der Waals surface area contributed by atoms with Crippen molar-refractivity contribution in [1.82, 2.24) is 0 Å². The zero-order valence-corrected chi connectivity index (χ0v) is 13.6. The Morgan fingerprint density at radius 1 is 1.27 bits per heavy atom. The number of ketones is 1.